The smallest absolute Gasteiger partial charge is 0.119 e. The van der Waals surface area contributed by atoms with E-state index in [2.05, 4.69) is 48.6 Å². The molecule has 0 fully saturated rings. The van der Waals surface area contributed by atoms with E-state index in [0.29, 0.717) is 6.61 Å². The standard InChI is InChI=1S/C18H23NO/c1-3-20-18-10-6-8-16(13-18)14-19-12-11-17-9-5-4-7-15(17)2/h4-10,13,19H,3,11-12,14H2,1-2H3. The Bertz CT molecular complexity index is 536. The fourth-order valence-electron chi connectivity index (χ4n) is 2.26. The summed E-state index contributed by atoms with van der Waals surface area (Å²) in [5.74, 6) is 0.950. The molecule has 20 heavy (non-hydrogen) atoms. The zero-order valence-electron chi connectivity index (χ0n) is 12.4. The lowest BCUT2D eigenvalue weighted by Gasteiger charge is -2.09. The maximum absolute atomic E-state index is 5.51. The summed E-state index contributed by atoms with van der Waals surface area (Å²) in [5, 5.41) is 3.49. The van der Waals surface area contributed by atoms with Gasteiger partial charge in [-0.15, -0.1) is 0 Å². The minimum absolute atomic E-state index is 0.712. The van der Waals surface area contributed by atoms with Crippen LogP contribution in [0.25, 0.3) is 0 Å². The molecule has 0 saturated carbocycles. The third-order valence-electron chi connectivity index (χ3n) is 3.37. The molecule has 2 aromatic rings. The van der Waals surface area contributed by atoms with Gasteiger partial charge in [-0.2, -0.15) is 0 Å². The predicted octanol–water partition coefficient (Wildman–Crippen LogP) is 3.73. The Morgan fingerprint density at radius 1 is 1.05 bits per heavy atom. The van der Waals surface area contributed by atoms with Crippen LogP contribution in [-0.2, 0) is 13.0 Å². The van der Waals surface area contributed by atoms with Crippen molar-refractivity contribution in [2.45, 2.75) is 26.8 Å². The molecule has 0 radical (unpaired) electrons. The van der Waals surface area contributed by atoms with Crippen LogP contribution in [0.4, 0.5) is 0 Å². The number of rotatable bonds is 7. The average Bonchev–Trinajstić information content (AvgIpc) is 2.46. The zero-order valence-corrected chi connectivity index (χ0v) is 12.4. The first-order valence-electron chi connectivity index (χ1n) is 7.26. The maximum atomic E-state index is 5.51. The number of benzene rings is 2. The van der Waals surface area contributed by atoms with Gasteiger partial charge in [0.2, 0.25) is 0 Å². The van der Waals surface area contributed by atoms with Crippen LogP contribution < -0.4 is 10.1 Å². The molecular weight excluding hydrogens is 246 g/mol. The summed E-state index contributed by atoms with van der Waals surface area (Å²) in [6.45, 7) is 6.76. The molecule has 2 rings (SSSR count). The highest BCUT2D eigenvalue weighted by Gasteiger charge is 1.98. The van der Waals surface area contributed by atoms with E-state index in [-0.39, 0.29) is 0 Å². The van der Waals surface area contributed by atoms with Gasteiger partial charge in [-0.1, -0.05) is 36.4 Å². The quantitative estimate of drug-likeness (QED) is 0.773. The van der Waals surface area contributed by atoms with Gasteiger partial charge in [0.25, 0.3) is 0 Å². The van der Waals surface area contributed by atoms with Crippen LogP contribution in [0, 0.1) is 6.92 Å². The molecule has 2 heteroatoms. The second-order valence-electron chi connectivity index (χ2n) is 4.93. The van der Waals surface area contributed by atoms with Crippen LogP contribution in [0.3, 0.4) is 0 Å². The molecule has 0 aromatic heterocycles. The second kappa shape index (κ2) is 7.71. The van der Waals surface area contributed by atoms with Crippen molar-refractivity contribution in [1.29, 1.82) is 0 Å². The monoisotopic (exact) mass is 269 g/mol. The molecular formula is C18H23NO. The normalized spacial score (nSPS) is 10.5. The van der Waals surface area contributed by atoms with Crippen LogP contribution in [0.2, 0.25) is 0 Å². The molecule has 0 aliphatic heterocycles. The van der Waals surface area contributed by atoms with Crippen molar-refractivity contribution in [3.63, 3.8) is 0 Å². The number of aryl methyl sites for hydroxylation is 1. The van der Waals surface area contributed by atoms with Crippen LogP contribution in [0.5, 0.6) is 5.75 Å². The van der Waals surface area contributed by atoms with Gasteiger partial charge < -0.3 is 10.1 Å². The Balaban J connectivity index is 1.78. The summed E-state index contributed by atoms with van der Waals surface area (Å²) in [4.78, 5) is 0. The van der Waals surface area contributed by atoms with Crippen LogP contribution in [0.1, 0.15) is 23.6 Å². The van der Waals surface area contributed by atoms with Gasteiger partial charge >= 0.3 is 0 Å². The van der Waals surface area contributed by atoms with Crippen molar-refractivity contribution in [2.24, 2.45) is 0 Å². The van der Waals surface area contributed by atoms with Gasteiger partial charge in [0.15, 0.2) is 0 Å². The van der Waals surface area contributed by atoms with Gasteiger partial charge in [0.1, 0.15) is 5.75 Å². The average molecular weight is 269 g/mol. The van der Waals surface area contributed by atoms with Crippen molar-refractivity contribution in [1.82, 2.24) is 5.32 Å². The van der Waals surface area contributed by atoms with Crippen LogP contribution >= 0.6 is 0 Å². The molecule has 0 heterocycles. The molecule has 0 aliphatic rings. The van der Waals surface area contributed by atoms with Crippen molar-refractivity contribution < 1.29 is 4.74 Å². The number of hydrogen-bond acceptors (Lipinski definition) is 2. The summed E-state index contributed by atoms with van der Waals surface area (Å²) in [6.07, 6.45) is 1.07. The van der Waals surface area contributed by atoms with E-state index in [1.54, 1.807) is 0 Å². The molecule has 0 amide bonds. The van der Waals surface area contributed by atoms with Gasteiger partial charge in [-0.05, 0) is 55.6 Å². The van der Waals surface area contributed by atoms with E-state index in [1.807, 2.05) is 19.1 Å². The lowest BCUT2D eigenvalue weighted by Crippen LogP contribution is -2.17. The van der Waals surface area contributed by atoms with E-state index in [1.165, 1.54) is 16.7 Å². The minimum atomic E-state index is 0.712. The molecule has 0 spiro atoms. The summed E-state index contributed by atoms with van der Waals surface area (Å²) in [5.41, 5.74) is 4.05. The minimum Gasteiger partial charge on any atom is -0.494 e. The van der Waals surface area contributed by atoms with Gasteiger partial charge in [0.05, 0.1) is 6.61 Å². The second-order valence-corrected chi connectivity index (χ2v) is 4.93. The molecule has 2 nitrogen and oxygen atoms in total. The van der Waals surface area contributed by atoms with Gasteiger partial charge in [0, 0.05) is 6.54 Å². The Kier molecular flexibility index (Phi) is 5.63. The third-order valence-corrected chi connectivity index (χ3v) is 3.37. The van der Waals surface area contributed by atoms with Gasteiger partial charge in [-0.3, -0.25) is 0 Å². The van der Waals surface area contributed by atoms with Crippen molar-refractivity contribution in [3.05, 3.63) is 65.2 Å². The summed E-state index contributed by atoms with van der Waals surface area (Å²) >= 11 is 0. The predicted molar refractivity (Wildman–Crippen MR) is 84.2 cm³/mol. The molecule has 106 valence electrons. The molecule has 1 N–H and O–H groups in total. The lowest BCUT2D eigenvalue weighted by atomic mass is 10.1. The topological polar surface area (TPSA) is 21.3 Å². The SMILES string of the molecule is CCOc1cccc(CNCCc2ccccc2C)c1. The van der Waals surface area contributed by atoms with Crippen LogP contribution in [0.15, 0.2) is 48.5 Å². The molecule has 2 aromatic carbocycles. The summed E-state index contributed by atoms with van der Waals surface area (Å²) < 4.78 is 5.51. The number of nitrogens with one attached hydrogen (secondary N) is 1. The van der Waals surface area contributed by atoms with E-state index >= 15 is 0 Å². The summed E-state index contributed by atoms with van der Waals surface area (Å²) in [6, 6.07) is 16.8. The molecule has 0 saturated heterocycles. The first-order valence-corrected chi connectivity index (χ1v) is 7.26. The highest BCUT2D eigenvalue weighted by Crippen LogP contribution is 2.13. The molecule has 0 atom stereocenters. The fourth-order valence-corrected chi connectivity index (χ4v) is 2.26. The summed E-state index contributed by atoms with van der Waals surface area (Å²) in [7, 11) is 0. The Hall–Kier alpha value is -1.80. The molecule has 0 aliphatic carbocycles. The Labute approximate surface area is 121 Å². The fraction of sp³-hybridized carbons (Fsp3) is 0.333. The lowest BCUT2D eigenvalue weighted by molar-refractivity contribution is 0.340. The zero-order chi connectivity index (χ0) is 14.2. The first-order chi connectivity index (χ1) is 9.79. The largest absolute Gasteiger partial charge is 0.494 e. The molecule has 0 unspecified atom stereocenters. The first kappa shape index (κ1) is 14.6. The van der Waals surface area contributed by atoms with Crippen molar-refractivity contribution in [3.8, 4) is 5.75 Å². The highest BCUT2D eigenvalue weighted by molar-refractivity contribution is 5.28. The van der Waals surface area contributed by atoms with E-state index < -0.39 is 0 Å². The van der Waals surface area contributed by atoms with Crippen molar-refractivity contribution in [2.75, 3.05) is 13.2 Å². The van der Waals surface area contributed by atoms with E-state index in [0.717, 1.165) is 25.3 Å². The number of ether oxygens (including phenoxy) is 1. The van der Waals surface area contributed by atoms with Crippen LogP contribution in [-0.4, -0.2) is 13.2 Å². The highest BCUT2D eigenvalue weighted by atomic mass is 16.5. The van der Waals surface area contributed by atoms with Gasteiger partial charge in [-0.25, -0.2) is 0 Å². The Morgan fingerprint density at radius 3 is 2.70 bits per heavy atom. The van der Waals surface area contributed by atoms with Crippen molar-refractivity contribution >= 4 is 0 Å². The molecule has 0 bridgehead atoms. The van der Waals surface area contributed by atoms with E-state index in [4.69, 9.17) is 4.74 Å². The number of hydrogen-bond donors (Lipinski definition) is 1. The Morgan fingerprint density at radius 2 is 1.90 bits per heavy atom. The van der Waals surface area contributed by atoms with E-state index in [9.17, 15) is 0 Å². The maximum Gasteiger partial charge on any atom is 0.119 e. The third kappa shape index (κ3) is 4.39.